The van der Waals surface area contributed by atoms with E-state index in [1.165, 1.54) is 0 Å². The molecular weight excluding hydrogens is 510 g/mol. The van der Waals surface area contributed by atoms with E-state index in [0.29, 0.717) is 38.1 Å². The molecule has 3 aliphatic heterocycles. The number of hydrogen-bond donors (Lipinski definition) is 3. The van der Waals surface area contributed by atoms with Gasteiger partial charge in [0.25, 0.3) is 0 Å². The lowest BCUT2D eigenvalue weighted by Crippen LogP contribution is -2.56. The maximum absolute atomic E-state index is 14.2. The van der Waals surface area contributed by atoms with Gasteiger partial charge in [-0.3, -0.25) is 14.4 Å². The fraction of sp³-hybridized carbons (Fsp3) is 0.710. The van der Waals surface area contributed by atoms with Crippen LogP contribution in [0.1, 0.15) is 85.5 Å². The molecule has 0 radical (unpaired) electrons. The number of aliphatic hydroxyl groups is 1. The number of amides is 3. The Kier molecular flexibility index (Phi) is 9.77. The van der Waals surface area contributed by atoms with Crippen LogP contribution in [0.3, 0.4) is 0 Å². The fourth-order valence-corrected chi connectivity index (χ4v) is 7.25. The summed E-state index contributed by atoms with van der Waals surface area (Å²) in [6.45, 7) is 9.11. The number of hydrogen-bond acceptors (Lipinski definition) is 6. The number of unbranched alkanes of at least 4 members (excludes halogenated alkanes) is 3. The zero-order valence-electron chi connectivity index (χ0n) is 24.5. The minimum atomic E-state index is -1.02. The molecule has 3 heterocycles. The Morgan fingerprint density at radius 2 is 1.82 bits per heavy atom. The first-order valence-electron chi connectivity index (χ1n) is 15.2. The molecule has 0 saturated carbocycles. The number of carbonyl (C=O) groups excluding carboxylic acids is 3. The molecule has 3 fully saturated rings. The van der Waals surface area contributed by atoms with Gasteiger partial charge in [-0.25, -0.2) is 0 Å². The van der Waals surface area contributed by atoms with Crippen LogP contribution in [-0.4, -0.2) is 70.8 Å². The number of likely N-dealkylation sites (tertiary alicyclic amines) is 1. The molecule has 3 saturated heterocycles. The van der Waals surface area contributed by atoms with E-state index in [1.807, 2.05) is 32.9 Å². The van der Waals surface area contributed by atoms with Crippen LogP contribution in [0.4, 0.5) is 5.69 Å². The largest absolute Gasteiger partial charge is 0.494 e. The molecule has 2 bridgehead atoms. The number of fused-ring (bicyclic) bond motifs is 1. The molecule has 4 rings (SSSR count). The summed E-state index contributed by atoms with van der Waals surface area (Å²) in [5.41, 5.74) is -1.17. The van der Waals surface area contributed by atoms with Crippen molar-refractivity contribution in [3.63, 3.8) is 0 Å². The number of ether oxygens (including phenoxy) is 2. The lowest BCUT2D eigenvalue weighted by Gasteiger charge is -2.34. The van der Waals surface area contributed by atoms with E-state index in [1.54, 1.807) is 17.0 Å². The summed E-state index contributed by atoms with van der Waals surface area (Å²) in [7, 11) is 0. The van der Waals surface area contributed by atoms with Gasteiger partial charge in [0, 0.05) is 24.9 Å². The number of nitrogens with one attached hydrogen (secondary N) is 2. The van der Waals surface area contributed by atoms with E-state index >= 15 is 0 Å². The highest BCUT2D eigenvalue weighted by Crippen LogP contribution is 2.64. The van der Waals surface area contributed by atoms with Gasteiger partial charge >= 0.3 is 0 Å². The molecule has 1 spiro atoms. The maximum Gasteiger partial charge on any atom is 0.246 e. The number of aliphatic hydroxyl groups excluding tert-OH is 1. The van der Waals surface area contributed by atoms with Crippen molar-refractivity contribution in [2.45, 2.75) is 109 Å². The summed E-state index contributed by atoms with van der Waals surface area (Å²) in [5, 5.41) is 15.3. The Morgan fingerprint density at radius 1 is 1.10 bits per heavy atom. The van der Waals surface area contributed by atoms with Gasteiger partial charge < -0.3 is 30.1 Å². The Morgan fingerprint density at radius 3 is 2.48 bits per heavy atom. The average molecular weight is 558 g/mol. The molecule has 9 nitrogen and oxygen atoms in total. The zero-order chi connectivity index (χ0) is 28.9. The van der Waals surface area contributed by atoms with Crippen LogP contribution in [-0.2, 0) is 19.1 Å². The monoisotopic (exact) mass is 557 g/mol. The second-order valence-corrected chi connectivity index (χ2v) is 11.6. The van der Waals surface area contributed by atoms with E-state index in [-0.39, 0.29) is 30.4 Å². The number of nitrogens with zero attached hydrogens (tertiary/aromatic N) is 1. The Labute approximate surface area is 238 Å². The first-order valence-corrected chi connectivity index (χ1v) is 15.2. The molecule has 6 atom stereocenters. The minimum Gasteiger partial charge on any atom is -0.494 e. The van der Waals surface area contributed by atoms with Crippen molar-refractivity contribution in [1.82, 2.24) is 10.2 Å². The molecule has 3 unspecified atom stereocenters. The number of rotatable bonds is 15. The number of carbonyl (C=O) groups is 3. The van der Waals surface area contributed by atoms with Crippen molar-refractivity contribution in [2.75, 3.05) is 25.1 Å². The van der Waals surface area contributed by atoms with E-state index in [9.17, 15) is 14.4 Å². The van der Waals surface area contributed by atoms with Gasteiger partial charge in [0.05, 0.1) is 24.0 Å². The lowest BCUT2D eigenvalue weighted by molar-refractivity contribution is -0.146. The van der Waals surface area contributed by atoms with Crippen molar-refractivity contribution in [1.29, 1.82) is 0 Å². The normalized spacial score (nSPS) is 29.4. The predicted molar refractivity (Wildman–Crippen MR) is 153 cm³/mol. The molecule has 9 heteroatoms. The molecule has 222 valence electrons. The fourth-order valence-electron chi connectivity index (χ4n) is 7.25. The van der Waals surface area contributed by atoms with E-state index in [0.717, 1.165) is 44.3 Å². The van der Waals surface area contributed by atoms with Crippen molar-refractivity contribution >= 4 is 23.4 Å². The van der Waals surface area contributed by atoms with Gasteiger partial charge in [0.1, 0.15) is 17.4 Å². The van der Waals surface area contributed by atoms with E-state index < -0.39 is 29.1 Å². The number of anilines is 1. The second-order valence-electron chi connectivity index (χ2n) is 11.6. The standard InChI is InChI=1S/C31H47N3O6/c1-5-12-21(4)32-28(37)26-31-18-17-30(6-2,40-31)24(25(31)29(38)34(26)19-10-8-9-11-20-35)27(36)33-22-13-15-23(16-14-22)39-7-3/h13-16,21,24-26,35H,5-12,17-20H2,1-4H3,(H,32,37)(H,33,36)/t21?,24-,25-,26?,30+,31?/m0/s1. The maximum atomic E-state index is 14.2. The van der Waals surface area contributed by atoms with Gasteiger partial charge in [-0.15, -0.1) is 0 Å². The molecule has 3 N–H and O–H groups in total. The minimum absolute atomic E-state index is 0.0213. The first-order chi connectivity index (χ1) is 19.3. The molecule has 1 aromatic carbocycles. The van der Waals surface area contributed by atoms with Crippen molar-refractivity contribution in [3.05, 3.63) is 24.3 Å². The Hall–Kier alpha value is -2.65. The zero-order valence-corrected chi connectivity index (χ0v) is 24.5. The van der Waals surface area contributed by atoms with Crippen molar-refractivity contribution in [2.24, 2.45) is 11.8 Å². The molecular formula is C31H47N3O6. The van der Waals surface area contributed by atoms with Crippen LogP contribution >= 0.6 is 0 Å². The van der Waals surface area contributed by atoms with Crippen LogP contribution in [0, 0.1) is 11.8 Å². The van der Waals surface area contributed by atoms with Crippen LogP contribution in [0.15, 0.2) is 24.3 Å². The van der Waals surface area contributed by atoms with E-state index in [4.69, 9.17) is 14.6 Å². The molecule has 1 aromatic rings. The lowest BCUT2D eigenvalue weighted by atomic mass is 9.65. The third kappa shape index (κ3) is 5.59. The smallest absolute Gasteiger partial charge is 0.246 e. The summed E-state index contributed by atoms with van der Waals surface area (Å²) in [4.78, 5) is 43.7. The average Bonchev–Trinajstić information content (AvgIpc) is 3.53. The topological polar surface area (TPSA) is 117 Å². The van der Waals surface area contributed by atoms with E-state index in [2.05, 4.69) is 17.6 Å². The summed E-state index contributed by atoms with van der Waals surface area (Å²) >= 11 is 0. The second kappa shape index (κ2) is 12.9. The predicted octanol–water partition coefficient (Wildman–Crippen LogP) is 4.04. The van der Waals surface area contributed by atoms with Crippen LogP contribution < -0.4 is 15.4 Å². The van der Waals surface area contributed by atoms with Gasteiger partial charge in [0.15, 0.2) is 0 Å². The summed E-state index contributed by atoms with van der Waals surface area (Å²) in [5.74, 6) is -1.26. The van der Waals surface area contributed by atoms with Crippen LogP contribution in [0.2, 0.25) is 0 Å². The van der Waals surface area contributed by atoms with Gasteiger partial charge in [-0.1, -0.05) is 33.1 Å². The summed E-state index contributed by atoms with van der Waals surface area (Å²) in [6.07, 6.45) is 6.73. The van der Waals surface area contributed by atoms with Gasteiger partial charge in [-0.05, 0) is 76.6 Å². The van der Waals surface area contributed by atoms with Crippen LogP contribution in [0.25, 0.3) is 0 Å². The quantitative estimate of drug-likeness (QED) is 0.280. The Balaban J connectivity index is 1.62. The SMILES string of the molecule is CCCC(C)NC(=O)C1N(CCCCCCO)C(=O)[C@@H]2[C@@H](C(=O)Nc3ccc(OCC)cc3)[C@@]3(CC)CCC12O3. The van der Waals surface area contributed by atoms with Crippen LogP contribution in [0.5, 0.6) is 5.75 Å². The van der Waals surface area contributed by atoms with Crippen molar-refractivity contribution < 1.29 is 29.0 Å². The highest BCUT2D eigenvalue weighted by Gasteiger charge is 2.78. The highest BCUT2D eigenvalue weighted by molar-refractivity contribution is 6.02. The Bertz CT molecular complexity index is 1050. The summed E-state index contributed by atoms with van der Waals surface area (Å²) < 4.78 is 12.3. The van der Waals surface area contributed by atoms with Gasteiger partial charge in [0.2, 0.25) is 17.7 Å². The molecule has 40 heavy (non-hydrogen) atoms. The third-order valence-electron chi connectivity index (χ3n) is 9.06. The highest BCUT2D eigenvalue weighted by atomic mass is 16.5. The summed E-state index contributed by atoms with van der Waals surface area (Å²) in [6, 6.07) is 6.43. The van der Waals surface area contributed by atoms with Crippen molar-refractivity contribution in [3.8, 4) is 5.75 Å². The number of benzene rings is 1. The molecule has 0 aliphatic carbocycles. The molecule has 3 amide bonds. The molecule has 0 aromatic heterocycles. The van der Waals surface area contributed by atoms with Gasteiger partial charge in [-0.2, -0.15) is 0 Å². The first kappa shape index (κ1) is 30.3. The third-order valence-corrected chi connectivity index (χ3v) is 9.06. The molecule has 3 aliphatic rings.